The molecule has 2 aromatic heterocycles. The number of ether oxygens (including phenoxy) is 1. The molecule has 3 rings (SSSR count). The molecule has 2 heterocycles. The van der Waals surface area contributed by atoms with Crippen LogP contribution in [0.25, 0.3) is 11.0 Å². The van der Waals surface area contributed by atoms with Crippen molar-refractivity contribution in [3.8, 4) is 0 Å². The van der Waals surface area contributed by atoms with E-state index >= 15 is 0 Å². The number of hydrogen-bond donors (Lipinski definition) is 0. The van der Waals surface area contributed by atoms with Gasteiger partial charge in [-0.3, -0.25) is 0 Å². The van der Waals surface area contributed by atoms with Crippen molar-refractivity contribution >= 4 is 34.4 Å². The van der Waals surface area contributed by atoms with E-state index in [4.69, 9.17) is 21.3 Å². The highest BCUT2D eigenvalue weighted by atomic mass is 35.5. The van der Waals surface area contributed by atoms with Crippen LogP contribution in [0.3, 0.4) is 0 Å². The predicted molar refractivity (Wildman–Crippen MR) is 90.4 cm³/mol. The Morgan fingerprint density at radius 3 is 2.86 bits per heavy atom. The SMILES string of the molecule is COCCn1c(SCc2ccc(Cl)nc2)nc2ccccc21. The van der Waals surface area contributed by atoms with Crippen molar-refractivity contribution in [2.24, 2.45) is 0 Å². The van der Waals surface area contributed by atoms with E-state index < -0.39 is 0 Å². The monoisotopic (exact) mass is 333 g/mol. The van der Waals surface area contributed by atoms with Gasteiger partial charge in [0.05, 0.1) is 17.6 Å². The molecule has 114 valence electrons. The van der Waals surface area contributed by atoms with Crippen LogP contribution in [0, 0.1) is 0 Å². The summed E-state index contributed by atoms with van der Waals surface area (Å²) in [6.45, 7) is 1.45. The third-order valence-corrected chi connectivity index (χ3v) is 4.57. The molecule has 1 aromatic carbocycles. The fourth-order valence-corrected chi connectivity index (χ4v) is 3.29. The molecule has 0 saturated heterocycles. The lowest BCUT2D eigenvalue weighted by atomic mass is 10.3. The van der Waals surface area contributed by atoms with Crippen molar-refractivity contribution in [2.75, 3.05) is 13.7 Å². The van der Waals surface area contributed by atoms with E-state index in [2.05, 4.69) is 15.6 Å². The van der Waals surface area contributed by atoms with E-state index in [1.807, 2.05) is 30.3 Å². The van der Waals surface area contributed by atoms with Gasteiger partial charge >= 0.3 is 0 Å². The van der Waals surface area contributed by atoms with Crippen LogP contribution in [0.1, 0.15) is 5.56 Å². The summed E-state index contributed by atoms with van der Waals surface area (Å²) in [7, 11) is 1.71. The lowest BCUT2D eigenvalue weighted by Crippen LogP contribution is -2.05. The number of rotatable bonds is 6. The summed E-state index contributed by atoms with van der Waals surface area (Å²) in [5.74, 6) is 0.806. The molecule has 0 aliphatic rings. The minimum Gasteiger partial charge on any atom is -0.383 e. The number of thioether (sulfide) groups is 1. The number of benzene rings is 1. The summed E-state index contributed by atoms with van der Waals surface area (Å²) in [4.78, 5) is 8.83. The topological polar surface area (TPSA) is 39.9 Å². The number of para-hydroxylation sites is 2. The molecule has 0 N–H and O–H groups in total. The number of halogens is 1. The van der Waals surface area contributed by atoms with E-state index in [1.165, 1.54) is 0 Å². The molecule has 0 atom stereocenters. The number of imidazole rings is 1. The molecule has 0 amide bonds. The van der Waals surface area contributed by atoms with Crippen LogP contribution in [0.2, 0.25) is 5.15 Å². The van der Waals surface area contributed by atoms with Crippen LogP contribution in [-0.2, 0) is 17.0 Å². The van der Waals surface area contributed by atoms with Crippen LogP contribution in [0.15, 0.2) is 47.8 Å². The number of aromatic nitrogens is 3. The lowest BCUT2D eigenvalue weighted by molar-refractivity contribution is 0.186. The van der Waals surface area contributed by atoms with E-state index in [0.29, 0.717) is 11.8 Å². The van der Waals surface area contributed by atoms with Gasteiger partial charge in [0.1, 0.15) is 5.15 Å². The number of nitrogens with zero attached hydrogens (tertiary/aromatic N) is 3. The van der Waals surface area contributed by atoms with Gasteiger partial charge < -0.3 is 9.30 Å². The van der Waals surface area contributed by atoms with Crippen molar-refractivity contribution in [1.29, 1.82) is 0 Å². The third-order valence-electron chi connectivity index (χ3n) is 3.30. The van der Waals surface area contributed by atoms with Gasteiger partial charge in [0.15, 0.2) is 5.16 Å². The van der Waals surface area contributed by atoms with Gasteiger partial charge in [-0.2, -0.15) is 0 Å². The van der Waals surface area contributed by atoms with E-state index in [0.717, 1.165) is 34.1 Å². The summed E-state index contributed by atoms with van der Waals surface area (Å²) in [5, 5.41) is 1.51. The Labute approximate surface area is 138 Å². The Bertz CT molecular complexity index is 758. The predicted octanol–water partition coefficient (Wildman–Crippen LogP) is 4.02. The number of hydrogen-bond acceptors (Lipinski definition) is 4. The first-order valence-corrected chi connectivity index (χ1v) is 8.31. The first-order chi connectivity index (χ1) is 10.8. The average molecular weight is 334 g/mol. The highest BCUT2D eigenvalue weighted by molar-refractivity contribution is 7.98. The molecule has 0 saturated carbocycles. The van der Waals surface area contributed by atoms with Gasteiger partial charge in [-0.1, -0.05) is 41.6 Å². The second-order valence-corrected chi connectivity index (χ2v) is 6.14. The summed E-state index contributed by atoms with van der Waals surface area (Å²) in [5.41, 5.74) is 3.27. The summed E-state index contributed by atoms with van der Waals surface area (Å²) < 4.78 is 7.41. The molecular weight excluding hydrogens is 318 g/mol. The Morgan fingerprint density at radius 2 is 2.09 bits per heavy atom. The Kier molecular flexibility index (Phi) is 4.97. The maximum absolute atomic E-state index is 5.82. The van der Waals surface area contributed by atoms with E-state index in [1.54, 1.807) is 25.1 Å². The third kappa shape index (κ3) is 3.43. The minimum atomic E-state index is 0.515. The Morgan fingerprint density at radius 1 is 1.23 bits per heavy atom. The zero-order valence-corrected chi connectivity index (χ0v) is 13.8. The molecule has 0 aliphatic heterocycles. The quantitative estimate of drug-likeness (QED) is 0.504. The van der Waals surface area contributed by atoms with Gasteiger partial charge in [-0.15, -0.1) is 0 Å². The highest BCUT2D eigenvalue weighted by Gasteiger charge is 2.11. The highest BCUT2D eigenvalue weighted by Crippen LogP contribution is 2.26. The number of methoxy groups -OCH3 is 1. The first kappa shape index (κ1) is 15.3. The molecule has 22 heavy (non-hydrogen) atoms. The van der Waals surface area contributed by atoms with Crippen LogP contribution >= 0.6 is 23.4 Å². The summed E-state index contributed by atoms with van der Waals surface area (Å²) in [6.07, 6.45) is 1.80. The molecule has 0 aliphatic carbocycles. The second-order valence-electron chi connectivity index (χ2n) is 4.81. The fraction of sp³-hybridized carbons (Fsp3) is 0.250. The molecule has 4 nitrogen and oxygen atoms in total. The number of pyridine rings is 1. The normalized spacial score (nSPS) is 11.2. The average Bonchev–Trinajstić information content (AvgIpc) is 2.90. The molecule has 0 unspecified atom stereocenters. The second kappa shape index (κ2) is 7.13. The van der Waals surface area contributed by atoms with Gasteiger partial charge in [-0.05, 0) is 23.8 Å². The molecule has 6 heteroatoms. The van der Waals surface area contributed by atoms with Crippen LogP contribution in [0.5, 0.6) is 0 Å². The van der Waals surface area contributed by atoms with Gasteiger partial charge in [0.2, 0.25) is 0 Å². The van der Waals surface area contributed by atoms with Crippen LogP contribution in [0.4, 0.5) is 0 Å². The molecule has 0 spiro atoms. The summed E-state index contributed by atoms with van der Waals surface area (Å²) >= 11 is 7.51. The van der Waals surface area contributed by atoms with Crippen molar-refractivity contribution in [2.45, 2.75) is 17.5 Å². The van der Waals surface area contributed by atoms with Gasteiger partial charge in [0, 0.05) is 25.6 Å². The van der Waals surface area contributed by atoms with Crippen LogP contribution in [-0.4, -0.2) is 28.3 Å². The standard InChI is InChI=1S/C16H16ClN3OS/c1-21-9-8-20-14-5-3-2-4-13(14)19-16(20)22-11-12-6-7-15(17)18-10-12/h2-7,10H,8-9,11H2,1H3. The Balaban J connectivity index is 1.83. The maximum atomic E-state index is 5.82. The number of fused-ring (bicyclic) bond motifs is 1. The largest absolute Gasteiger partial charge is 0.383 e. The minimum absolute atomic E-state index is 0.515. The zero-order chi connectivity index (χ0) is 15.4. The lowest BCUT2D eigenvalue weighted by Gasteiger charge is -2.08. The molecule has 0 radical (unpaired) electrons. The maximum Gasteiger partial charge on any atom is 0.169 e. The summed E-state index contributed by atoms with van der Waals surface area (Å²) in [6, 6.07) is 12.0. The fourth-order valence-electron chi connectivity index (χ4n) is 2.20. The molecule has 0 fully saturated rings. The first-order valence-electron chi connectivity index (χ1n) is 6.95. The molecular formula is C16H16ClN3OS. The smallest absolute Gasteiger partial charge is 0.169 e. The Hall–Kier alpha value is -1.56. The molecule has 0 bridgehead atoms. The van der Waals surface area contributed by atoms with Crippen LogP contribution < -0.4 is 0 Å². The molecule has 3 aromatic rings. The van der Waals surface area contributed by atoms with Crippen molar-refractivity contribution in [1.82, 2.24) is 14.5 Å². The van der Waals surface area contributed by atoms with Gasteiger partial charge in [-0.25, -0.2) is 9.97 Å². The van der Waals surface area contributed by atoms with E-state index in [9.17, 15) is 0 Å². The van der Waals surface area contributed by atoms with Gasteiger partial charge in [0.25, 0.3) is 0 Å². The van der Waals surface area contributed by atoms with Crippen molar-refractivity contribution in [3.05, 3.63) is 53.3 Å². The van der Waals surface area contributed by atoms with Crippen molar-refractivity contribution < 1.29 is 4.74 Å². The van der Waals surface area contributed by atoms with Crippen molar-refractivity contribution in [3.63, 3.8) is 0 Å². The van der Waals surface area contributed by atoms with E-state index in [-0.39, 0.29) is 0 Å². The zero-order valence-electron chi connectivity index (χ0n) is 12.2.